The number of ether oxygens (including phenoxy) is 1. The number of allylic oxidation sites excluding steroid dienone is 3. The molecule has 148 valence electrons. The number of fused-ring (bicyclic) bond motifs is 2. The maximum absolute atomic E-state index is 8.49. The number of rotatable bonds is 4. The SMILES string of the molecule is CCN(CC)c1ccc2c(c1)OC1=C(C=[O+]C)CCC=C1C2.[O-][Cl+3]([O-])([O-])[O-]. The molecular weight excluding hydrogens is 374 g/mol. The highest BCUT2D eigenvalue weighted by molar-refractivity contribution is 5.77. The molecule has 0 radical (unpaired) electrons. The van der Waals surface area contributed by atoms with Gasteiger partial charge in [-0.25, -0.2) is 18.6 Å². The first kappa shape index (κ1) is 21.4. The Morgan fingerprint density at radius 1 is 1.19 bits per heavy atom. The number of aldehydes is 1. The van der Waals surface area contributed by atoms with Gasteiger partial charge in [-0.15, -0.1) is 10.2 Å². The molecule has 0 spiro atoms. The summed E-state index contributed by atoms with van der Waals surface area (Å²) in [7, 11) is -3.25. The topological polar surface area (TPSA) is 116 Å². The van der Waals surface area contributed by atoms with Gasteiger partial charge in [0.25, 0.3) is 7.11 Å². The summed E-state index contributed by atoms with van der Waals surface area (Å²) in [5, 5.41) is 0. The van der Waals surface area contributed by atoms with Crippen molar-refractivity contribution in [3.63, 3.8) is 0 Å². The summed E-state index contributed by atoms with van der Waals surface area (Å²) in [4.78, 5) is 2.34. The van der Waals surface area contributed by atoms with Gasteiger partial charge in [0.2, 0.25) is 0 Å². The Morgan fingerprint density at radius 3 is 2.44 bits per heavy atom. The summed E-state index contributed by atoms with van der Waals surface area (Å²) in [5.41, 5.74) is 4.95. The van der Waals surface area contributed by atoms with Crippen molar-refractivity contribution in [3.8, 4) is 5.75 Å². The van der Waals surface area contributed by atoms with Crippen molar-refractivity contribution in [1.29, 1.82) is 0 Å². The zero-order valence-corrected chi connectivity index (χ0v) is 16.5. The van der Waals surface area contributed by atoms with Crippen molar-refractivity contribution in [2.45, 2.75) is 33.1 Å². The molecule has 1 aromatic carbocycles. The van der Waals surface area contributed by atoms with Crippen LogP contribution in [0.4, 0.5) is 5.69 Å². The summed E-state index contributed by atoms with van der Waals surface area (Å²) >= 11 is 0. The molecule has 0 atom stereocenters. The summed E-state index contributed by atoms with van der Waals surface area (Å²) < 4.78 is 45.4. The quantitative estimate of drug-likeness (QED) is 0.477. The minimum atomic E-state index is -4.94. The van der Waals surface area contributed by atoms with E-state index >= 15 is 0 Å². The van der Waals surface area contributed by atoms with Crippen LogP contribution in [-0.2, 0) is 10.8 Å². The maximum Gasteiger partial charge on any atom is 0.314 e. The molecule has 0 saturated carbocycles. The normalized spacial score (nSPS) is 16.0. The van der Waals surface area contributed by atoms with Gasteiger partial charge < -0.3 is 9.64 Å². The van der Waals surface area contributed by atoms with E-state index in [9.17, 15) is 0 Å². The molecule has 1 aliphatic carbocycles. The second-order valence-electron chi connectivity index (χ2n) is 6.10. The third-order valence-corrected chi connectivity index (χ3v) is 4.42. The first-order chi connectivity index (χ1) is 12.8. The van der Waals surface area contributed by atoms with Crippen LogP contribution >= 0.6 is 0 Å². The van der Waals surface area contributed by atoms with E-state index in [2.05, 4.69) is 43.0 Å². The highest BCUT2D eigenvalue weighted by Crippen LogP contribution is 2.39. The number of hydrogen-bond acceptors (Lipinski definition) is 6. The average Bonchev–Trinajstić information content (AvgIpc) is 2.60. The van der Waals surface area contributed by atoms with E-state index in [0.717, 1.165) is 43.9 Å². The molecule has 0 N–H and O–H groups in total. The van der Waals surface area contributed by atoms with E-state index in [1.165, 1.54) is 22.4 Å². The zero-order valence-electron chi connectivity index (χ0n) is 15.7. The van der Waals surface area contributed by atoms with E-state index in [-0.39, 0.29) is 0 Å². The summed E-state index contributed by atoms with van der Waals surface area (Å²) in [6, 6.07) is 6.58. The van der Waals surface area contributed by atoms with Crippen LogP contribution in [-0.4, -0.2) is 26.5 Å². The van der Waals surface area contributed by atoms with Crippen molar-refractivity contribution in [2.75, 3.05) is 25.1 Å². The molecule has 1 aromatic rings. The highest BCUT2D eigenvalue weighted by Gasteiger charge is 2.26. The van der Waals surface area contributed by atoms with Gasteiger partial charge >= 0.3 is 6.29 Å². The average molecular weight is 398 g/mol. The van der Waals surface area contributed by atoms with Crippen LogP contribution in [0, 0.1) is 10.2 Å². The molecule has 8 heteroatoms. The van der Waals surface area contributed by atoms with E-state index in [1.54, 1.807) is 7.11 Å². The lowest BCUT2D eigenvalue weighted by Crippen LogP contribution is -2.68. The van der Waals surface area contributed by atoms with E-state index < -0.39 is 10.2 Å². The summed E-state index contributed by atoms with van der Waals surface area (Å²) in [6.45, 7) is 6.37. The molecule has 3 rings (SSSR count). The Hall–Kier alpha value is -1.90. The van der Waals surface area contributed by atoms with Crippen LogP contribution in [0.15, 0.2) is 41.2 Å². The molecule has 2 aliphatic rings. The van der Waals surface area contributed by atoms with Crippen LogP contribution in [0.3, 0.4) is 0 Å². The molecule has 0 fully saturated rings. The van der Waals surface area contributed by atoms with Gasteiger partial charge in [0, 0.05) is 31.3 Å². The van der Waals surface area contributed by atoms with E-state index in [0.29, 0.717) is 0 Å². The standard InChI is InChI=1S/C19H24NO2.ClHO4/c1-4-20(5-2)17-10-9-14-11-15-7-6-8-16(13-21-3)19(15)22-18(14)12-17;2-1(3,4)5/h7,9-10,12-13H,4-6,8,11H2,1-3H3;(H,2,3,4,5)/q+1;/p-1. The van der Waals surface area contributed by atoms with Crippen molar-refractivity contribution in [2.24, 2.45) is 0 Å². The van der Waals surface area contributed by atoms with Crippen LogP contribution in [0.2, 0.25) is 0 Å². The Kier molecular flexibility index (Phi) is 7.41. The number of halogens is 1. The fraction of sp³-hybridized carbons (Fsp3) is 0.421. The maximum atomic E-state index is 8.49. The van der Waals surface area contributed by atoms with Gasteiger partial charge in [-0.2, -0.15) is 0 Å². The Balaban J connectivity index is 0.000000465. The number of nitrogens with zero attached hydrogens (tertiary/aromatic N) is 1. The zero-order chi connectivity index (χ0) is 20.0. The highest BCUT2D eigenvalue weighted by atomic mass is 35.7. The first-order valence-electron chi connectivity index (χ1n) is 8.72. The number of anilines is 1. The van der Waals surface area contributed by atoms with Gasteiger partial charge in [-0.1, -0.05) is 12.1 Å². The molecule has 0 saturated heterocycles. The van der Waals surface area contributed by atoms with Gasteiger partial charge in [-0.3, -0.25) is 4.42 Å². The molecule has 1 heterocycles. The van der Waals surface area contributed by atoms with Crippen LogP contribution < -0.4 is 28.3 Å². The number of hydrogen-bond donors (Lipinski definition) is 0. The molecule has 1 aliphatic heterocycles. The van der Waals surface area contributed by atoms with Crippen molar-refractivity contribution in [3.05, 3.63) is 46.7 Å². The minimum Gasteiger partial charge on any atom is -0.456 e. The van der Waals surface area contributed by atoms with Crippen LogP contribution in [0.25, 0.3) is 0 Å². The second-order valence-corrected chi connectivity index (χ2v) is 6.85. The van der Waals surface area contributed by atoms with E-state index in [1.807, 2.05) is 6.29 Å². The molecular formula is C19H24ClNO6. The fourth-order valence-electron chi connectivity index (χ4n) is 3.24. The molecule has 0 unspecified atom stereocenters. The van der Waals surface area contributed by atoms with Crippen molar-refractivity contribution < 1.29 is 38.0 Å². The largest absolute Gasteiger partial charge is 0.456 e. The third kappa shape index (κ3) is 6.05. The number of carbonyl (C=O) groups excluding carboxylic acids is 1. The van der Waals surface area contributed by atoms with Crippen molar-refractivity contribution >= 4 is 12.0 Å². The minimum absolute atomic E-state index is 0.949. The molecule has 0 bridgehead atoms. The molecule has 0 aromatic heterocycles. The van der Waals surface area contributed by atoms with Gasteiger partial charge in [0.05, 0.1) is 5.57 Å². The Bertz CT molecular complexity index is 741. The van der Waals surface area contributed by atoms with Crippen LogP contribution in [0.5, 0.6) is 5.75 Å². The Morgan fingerprint density at radius 2 is 1.85 bits per heavy atom. The van der Waals surface area contributed by atoms with Gasteiger partial charge in [-0.05, 0) is 43.9 Å². The first-order valence-corrected chi connectivity index (χ1v) is 9.96. The predicted molar refractivity (Wildman–Crippen MR) is 90.7 cm³/mol. The smallest absolute Gasteiger partial charge is 0.314 e. The lowest BCUT2D eigenvalue weighted by Gasteiger charge is -2.28. The third-order valence-electron chi connectivity index (χ3n) is 4.42. The molecule has 0 amide bonds. The Labute approximate surface area is 161 Å². The molecule has 27 heavy (non-hydrogen) atoms. The lowest BCUT2D eigenvalue weighted by molar-refractivity contribution is -2.00. The predicted octanol–water partition coefficient (Wildman–Crippen LogP) is -0.950. The van der Waals surface area contributed by atoms with Crippen molar-refractivity contribution in [1.82, 2.24) is 0 Å². The molecule has 7 nitrogen and oxygen atoms in total. The number of benzene rings is 1. The summed E-state index contributed by atoms with van der Waals surface area (Å²) in [5.74, 6) is 1.98. The lowest BCUT2D eigenvalue weighted by atomic mass is 9.91. The second kappa shape index (κ2) is 9.34. The van der Waals surface area contributed by atoms with Gasteiger partial charge in [0.15, 0.2) is 0 Å². The monoisotopic (exact) mass is 397 g/mol. The van der Waals surface area contributed by atoms with Gasteiger partial charge in [0.1, 0.15) is 11.5 Å². The fourth-order valence-corrected chi connectivity index (χ4v) is 3.24. The van der Waals surface area contributed by atoms with Crippen LogP contribution in [0.1, 0.15) is 32.3 Å². The van der Waals surface area contributed by atoms with E-state index in [4.69, 9.17) is 27.8 Å². The summed E-state index contributed by atoms with van der Waals surface area (Å²) in [6.07, 6.45) is 7.11.